The van der Waals surface area contributed by atoms with Gasteiger partial charge in [-0.15, -0.1) is 0 Å². The summed E-state index contributed by atoms with van der Waals surface area (Å²) >= 11 is 7.68. The Morgan fingerprint density at radius 2 is 1.77 bits per heavy atom. The van der Waals surface area contributed by atoms with Gasteiger partial charge in [-0.3, -0.25) is 9.10 Å². The summed E-state index contributed by atoms with van der Waals surface area (Å²) in [4.78, 5) is 12.9. The van der Waals surface area contributed by atoms with Crippen molar-refractivity contribution in [1.29, 1.82) is 0 Å². The van der Waals surface area contributed by atoms with Crippen LogP contribution in [0.4, 0.5) is 5.69 Å². The molecule has 0 radical (unpaired) electrons. The quantitative estimate of drug-likeness (QED) is 0.321. The summed E-state index contributed by atoms with van der Waals surface area (Å²) < 4.78 is 33.5. The summed E-state index contributed by atoms with van der Waals surface area (Å²) in [6.45, 7) is 1.96. The number of rotatable bonds is 12. The molecule has 3 aromatic rings. The van der Waals surface area contributed by atoms with E-state index in [1.54, 1.807) is 42.1 Å². The molecule has 0 unspecified atom stereocenters. The highest BCUT2D eigenvalue weighted by Gasteiger charge is 2.29. The van der Waals surface area contributed by atoms with Crippen LogP contribution in [0.2, 0.25) is 5.02 Å². The molecule has 186 valence electrons. The number of amides is 1. The van der Waals surface area contributed by atoms with E-state index in [0.29, 0.717) is 23.0 Å². The zero-order valence-electron chi connectivity index (χ0n) is 19.7. The molecule has 0 saturated heterocycles. The smallest absolute Gasteiger partial charge is 0.264 e. The van der Waals surface area contributed by atoms with Crippen LogP contribution in [-0.2, 0) is 20.6 Å². The number of hydrogen-bond donors (Lipinski definition) is 1. The van der Waals surface area contributed by atoms with Crippen LogP contribution >= 0.6 is 23.4 Å². The van der Waals surface area contributed by atoms with Crippen LogP contribution in [0, 0.1) is 6.92 Å². The molecule has 0 spiro atoms. The van der Waals surface area contributed by atoms with Gasteiger partial charge in [0.25, 0.3) is 10.0 Å². The number of methoxy groups -OCH3 is 1. The largest absolute Gasteiger partial charge is 0.495 e. The molecule has 0 aliphatic heterocycles. The van der Waals surface area contributed by atoms with Gasteiger partial charge in [-0.25, -0.2) is 8.42 Å². The van der Waals surface area contributed by atoms with Crippen molar-refractivity contribution in [3.63, 3.8) is 0 Å². The van der Waals surface area contributed by atoms with Gasteiger partial charge >= 0.3 is 0 Å². The van der Waals surface area contributed by atoms with Crippen LogP contribution in [-0.4, -0.2) is 40.3 Å². The first-order valence-corrected chi connectivity index (χ1v) is 14.1. The highest BCUT2D eigenvalue weighted by atomic mass is 35.5. The fourth-order valence-corrected chi connectivity index (χ4v) is 5.86. The number of aryl methyl sites for hydroxylation is 1. The number of halogens is 1. The van der Waals surface area contributed by atoms with E-state index in [4.69, 9.17) is 16.3 Å². The summed E-state index contributed by atoms with van der Waals surface area (Å²) in [5.74, 6) is 1.72. The molecule has 0 fully saturated rings. The van der Waals surface area contributed by atoms with Crippen molar-refractivity contribution in [3.05, 3.63) is 88.9 Å². The molecule has 35 heavy (non-hydrogen) atoms. The lowest BCUT2D eigenvalue weighted by Crippen LogP contribution is -2.41. The monoisotopic (exact) mass is 532 g/mol. The maximum absolute atomic E-state index is 13.5. The summed E-state index contributed by atoms with van der Waals surface area (Å²) in [5, 5.41) is 3.56. The Bertz CT molecular complexity index is 1220. The number of benzene rings is 3. The molecule has 3 rings (SSSR count). The normalized spacial score (nSPS) is 11.2. The molecule has 0 aliphatic rings. The molecule has 9 heteroatoms. The standard InChI is InChI=1S/C26H29ClN2O4S2/c1-20-9-14-25(33-2)24(17-20)29(35(31,32)23-7-4-3-5-8-23)18-26(30)28-15-6-16-34-19-21-10-12-22(27)13-11-21/h3-5,7-14,17H,6,15-16,18-19H2,1-2H3,(H,28,30). The molecule has 0 aromatic heterocycles. The number of thioether (sulfide) groups is 1. The predicted molar refractivity (Wildman–Crippen MR) is 144 cm³/mol. The van der Waals surface area contributed by atoms with Crippen LogP contribution < -0.4 is 14.4 Å². The summed E-state index contributed by atoms with van der Waals surface area (Å²) in [6, 6.07) is 21.1. The lowest BCUT2D eigenvalue weighted by atomic mass is 10.2. The number of hydrogen-bond acceptors (Lipinski definition) is 5. The van der Waals surface area contributed by atoms with Crippen molar-refractivity contribution in [2.45, 2.75) is 24.0 Å². The second-order valence-corrected chi connectivity index (χ2v) is 11.3. The zero-order valence-corrected chi connectivity index (χ0v) is 22.1. The van der Waals surface area contributed by atoms with Crippen LogP contribution in [0.25, 0.3) is 0 Å². The van der Waals surface area contributed by atoms with Gasteiger partial charge in [-0.05, 0) is 66.6 Å². The fourth-order valence-electron chi connectivity index (χ4n) is 3.37. The molecule has 0 aliphatic carbocycles. The Balaban J connectivity index is 1.64. The van der Waals surface area contributed by atoms with Gasteiger partial charge in [0.1, 0.15) is 12.3 Å². The lowest BCUT2D eigenvalue weighted by molar-refractivity contribution is -0.119. The number of nitrogens with one attached hydrogen (secondary N) is 1. The SMILES string of the molecule is COc1ccc(C)cc1N(CC(=O)NCCCSCc1ccc(Cl)cc1)S(=O)(=O)c1ccccc1. The van der Waals surface area contributed by atoms with E-state index in [9.17, 15) is 13.2 Å². The second kappa shape index (κ2) is 12.9. The Morgan fingerprint density at radius 1 is 1.06 bits per heavy atom. The Hall–Kier alpha value is -2.68. The Kier molecular flexibility index (Phi) is 9.89. The van der Waals surface area contributed by atoms with E-state index in [1.165, 1.54) is 24.8 Å². The predicted octanol–water partition coefficient (Wildman–Crippen LogP) is 5.29. The molecular formula is C26H29ClN2O4S2. The van der Waals surface area contributed by atoms with Crippen molar-refractivity contribution in [2.75, 3.05) is 30.3 Å². The molecule has 0 bridgehead atoms. The fraction of sp³-hybridized carbons (Fsp3) is 0.269. The van der Waals surface area contributed by atoms with Crippen molar-refractivity contribution in [2.24, 2.45) is 0 Å². The third-order valence-electron chi connectivity index (χ3n) is 5.19. The second-order valence-electron chi connectivity index (χ2n) is 7.88. The van der Waals surface area contributed by atoms with E-state index >= 15 is 0 Å². The van der Waals surface area contributed by atoms with E-state index in [0.717, 1.165) is 27.8 Å². The third-order valence-corrected chi connectivity index (χ3v) is 8.33. The van der Waals surface area contributed by atoms with Crippen LogP contribution in [0.5, 0.6) is 5.75 Å². The molecule has 6 nitrogen and oxygen atoms in total. The summed E-state index contributed by atoms with van der Waals surface area (Å²) in [6.07, 6.45) is 0.767. The molecule has 1 N–H and O–H groups in total. The number of sulfonamides is 1. The molecule has 0 saturated carbocycles. The first-order valence-electron chi connectivity index (χ1n) is 11.1. The molecule has 0 heterocycles. The minimum absolute atomic E-state index is 0.106. The van der Waals surface area contributed by atoms with Gasteiger partial charge < -0.3 is 10.1 Å². The van der Waals surface area contributed by atoms with Gasteiger partial charge in [0.15, 0.2) is 0 Å². The van der Waals surface area contributed by atoms with Crippen molar-refractivity contribution in [1.82, 2.24) is 5.32 Å². The average molecular weight is 533 g/mol. The van der Waals surface area contributed by atoms with Crippen molar-refractivity contribution < 1.29 is 17.9 Å². The van der Waals surface area contributed by atoms with E-state index < -0.39 is 10.0 Å². The average Bonchev–Trinajstić information content (AvgIpc) is 2.86. The lowest BCUT2D eigenvalue weighted by Gasteiger charge is -2.26. The van der Waals surface area contributed by atoms with Gasteiger partial charge in [0, 0.05) is 17.3 Å². The van der Waals surface area contributed by atoms with Crippen LogP contribution in [0.1, 0.15) is 17.5 Å². The maximum Gasteiger partial charge on any atom is 0.264 e. The number of nitrogens with zero attached hydrogens (tertiary/aromatic N) is 1. The molecule has 1 amide bonds. The molecule has 3 aromatic carbocycles. The summed E-state index contributed by atoms with van der Waals surface area (Å²) in [7, 11) is -2.52. The first-order chi connectivity index (χ1) is 16.8. The van der Waals surface area contributed by atoms with Gasteiger partial charge in [-0.2, -0.15) is 11.8 Å². The van der Waals surface area contributed by atoms with E-state index in [1.807, 2.05) is 37.3 Å². The number of carbonyl (C=O) groups is 1. The Labute approximate surface area is 216 Å². The van der Waals surface area contributed by atoms with Gasteiger partial charge in [-0.1, -0.05) is 48.0 Å². The van der Waals surface area contributed by atoms with E-state index in [2.05, 4.69) is 5.32 Å². The zero-order chi connectivity index (χ0) is 25.3. The van der Waals surface area contributed by atoms with Crippen molar-refractivity contribution in [3.8, 4) is 5.75 Å². The topological polar surface area (TPSA) is 75.7 Å². The minimum Gasteiger partial charge on any atom is -0.495 e. The van der Waals surface area contributed by atoms with Gasteiger partial charge in [0.2, 0.25) is 5.91 Å². The van der Waals surface area contributed by atoms with Crippen LogP contribution in [0.3, 0.4) is 0 Å². The molecule has 0 atom stereocenters. The Morgan fingerprint density at radius 3 is 2.46 bits per heavy atom. The van der Waals surface area contributed by atoms with E-state index in [-0.39, 0.29) is 17.3 Å². The number of carbonyl (C=O) groups excluding carboxylic acids is 1. The molecular weight excluding hydrogens is 504 g/mol. The minimum atomic E-state index is -3.99. The van der Waals surface area contributed by atoms with Crippen LogP contribution in [0.15, 0.2) is 77.7 Å². The highest BCUT2D eigenvalue weighted by molar-refractivity contribution is 7.98. The number of ether oxygens (including phenoxy) is 1. The highest BCUT2D eigenvalue weighted by Crippen LogP contribution is 2.33. The summed E-state index contributed by atoms with van der Waals surface area (Å²) in [5.41, 5.74) is 2.37. The third kappa shape index (κ3) is 7.65. The van der Waals surface area contributed by atoms with Gasteiger partial charge in [0.05, 0.1) is 17.7 Å². The maximum atomic E-state index is 13.5. The first kappa shape index (κ1) is 26.9. The number of anilines is 1. The van der Waals surface area contributed by atoms with Crippen molar-refractivity contribution >= 4 is 45.0 Å².